The molecule has 0 saturated heterocycles. The van der Waals surface area contributed by atoms with Gasteiger partial charge >= 0.3 is 0 Å². The number of rotatable bonds is 4. The third kappa shape index (κ3) is 2.87. The summed E-state index contributed by atoms with van der Waals surface area (Å²) < 4.78 is 1.02. The van der Waals surface area contributed by atoms with Gasteiger partial charge in [0, 0.05) is 23.5 Å². The van der Waals surface area contributed by atoms with E-state index in [-0.39, 0.29) is 0 Å². The number of aromatic nitrogens is 2. The fraction of sp³-hybridized carbons (Fsp3) is 0.286. The Balaban J connectivity index is 1.91. The van der Waals surface area contributed by atoms with Crippen molar-refractivity contribution in [2.75, 3.05) is 17.7 Å². The molecule has 0 unspecified atom stereocenters. The number of nitrogens with one attached hydrogen (secondary N) is 2. The topological polar surface area (TPSA) is 49.8 Å². The molecule has 1 aliphatic rings. The summed E-state index contributed by atoms with van der Waals surface area (Å²) >= 11 is 3.53. The molecular weight excluding hydrogens is 304 g/mol. The molecule has 0 radical (unpaired) electrons. The molecule has 2 N–H and O–H groups in total. The van der Waals surface area contributed by atoms with Crippen LogP contribution in [0.2, 0.25) is 0 Å². The van der Waals surface area contributed by atoms with Crippen LogP contribution in [0.25, 0.3) is 0 Å². The van der Waals surface area contributed by atoms with Crippen LogP contribution in [-0.2, 0) is 0 Å². The van der Waals surface area contributed by atoms with Crippen LogP contribution in [0.1, 0.15) is 24.5 Å². The van der Waals surface area contributed by atoms with E-state index < -0.39 is 0 Å². The van der Waals surface area contributed by atoms with E-state index in [0.717, 1.165) is 21.7 Å². The van der Waals surface area contributed by atoms with Gasteiger partial charge in [-0.05, 0) is 40.9 Å². The van der Waals surface area contributed by atoms with Gasteiger partial charge in [0.05, 0.1) is 11.4 Å². The normalized spacial score (nSPS) is 14.2. The van der Waals surface area contributed by atoms with Gasteiger partial charge in [0.15, 0.2) is 0 Å². The fourth-order valence-electron chi connectivity index (χ4n) is 1.93. The molecule has 1 saturated carbocycles. The van der Waals surface area contributed by atoms with E-state index in [4.69, 9.17) is 0 Å². The molecule has 0 spiro atoms. The average molecular weight is 319 g/mol. The van der Waals surface area contributed by atoms with Crippen LogP contribution < -0.4 is 10.6 Å². The van der Waals surface area contributed by atoms with Crippen LogP contribution >= 0.6 is 15.9 Å². The Morgan fingerprint density at radius 2 is 2.00 bits per heavy atom. The zero-order chi connectivity index (χ0) is 13.2. The molecular formula is C14H15BrN4. The first-order chi connectivity index (χ1) is 9.26. The van der Waals surface area contributed by atoms with E-state index in [0.29, 0.717) is 11.9 Å². The van der Waals surface area contributed by atoms with Gasteiger partial charge < -0.3 is 10.6 Å². The molecule has 1 aromatic heterocycles. The Hall–Kier alpha value is -1.62. The van der Waals surface area contributed by atoms with Crippen LogP contribution in [0.15, 0.2) is 34.8 Å². The molecule has 5 heteroatoms. The summed E-state index contributed by atoms with van der Waals surface area (Å²) in [6.45, 7) is 0. The molecule has 0 atom stereocenters. The van der Waals surface area contributed by atoms with Crippen LogP contribution in [-0.4, -0.2) is 17.0 Å². The summed E-state index contributed by atoms with van der Waals surface area (Å²) in [5.74, 6) is 2.10. The van der Waals surface area contributed by atoms with E-state index in [1.165, 1.54) is 12.8 Å². The predicted molar refractivity (Wildman–Crippen MR) is 81.0 cm³/mol. The molecule has 98 valence electrons. The summed E-state index contributed by atoms with van der Waals surface area (Å²) in [6, 6.07) is 10.0. The highest BCUT2D eigenvalue weighted by molar-refractivity contribution is 9.10. The van der Waals surface area contributed by atoms with Crippen molar-refractivity contribution in [3.05, 3.63) is 40.5 Å². The number of nitrogens with zero attached hydrogens (tertiary/aromatic N) is 2. The van der Waals surface area contributed by atoms with Crippen LogP contribution in [0, 0.1) is 0 Å². The summed E-state index contributed by atoms with van der Waals surface area (Å²) in [5, 5.41) is 6.35. The Morgan fingerprint density at radius 3 is 2.68 bits per heavy atom. The van der Waals surface area contributed by atoms with Gasteiger partial charge in [-0.25, -0.2) is 4.98 Å². The van der Waals surface area contributed by atoms with Crippen molar-refractivity contribution in [3.63, 3.8) is 0 Å². The van der Waals surface area contributed by atoms with Gasteiger partial charge in [0.2, 0.25) is 5.95 Å². The van der Waals surface area contributed by atoms with Crippen LogP contribution in [0.4, 0.5) is 17.5 Å². The van der Waals surface area contributed by atoms with E-state index in [1.54, 1.807) is 0 Å². The minimum Gasteiger partial charge on any atom is -0.357 e. The van der Waals surface area contributed by atoms with Gasteiger partial charge in [0.1, 0.15) is 5.82 Å². The average Bonchev–Trinajstić information content (AvgIpc) is 3.25. The number of halogens is 1. The quantitative estimate of drug-likeness (QED) is 0.897. The molecule has 1 aromatic carbocycles. The first-order valence-electron chi connectivity index (χ1n) is 6.34. The predicted octanol–water partition coefficient (Wildman–Crippen LogP) is 3.90. The highest BCUT2D eigenvalue weighted by atomic mass is 79.9. The van der Waals surface area contributed by atoms with Crippen molar-refractivity contribution < 1.29 is 0 Å². The molecule has 1 heterocycles. The number of para-hydroxylation sites is 1. The summed E-state index contributed by atoms with van der Waals surface area (Å²) in [4.78, 5) is 8.95. The minimum atomic E-state index is 0.606. The van der Waals surface area contributed by atoms with Gasteiger partial charge in [-0.1, -0.05) is 12.1 Å². The van der Waals surface area contributed by atoms with Gasteiger partial charge in [0.25, 0.3) is 0 Å². The van der Waals surface area contributed by atoms with Gasteiger partial charge in [-0.15, -0.1) is 0 Å². The summed E-state index contributed by atoms with van der Waals surface area (Å²) in [6.07, 6.45) is 2.46. The van der Waals surface area contributed by atoms with E-state index in [1.807, 2.05) is 37.4 Å². The summed E-state index contributed by atoms with van der Waals surface area (Å²) in [7, 11) is 1.84. The largest absolute Gasteiger partial charge is 0.357 e. The number of hydrogen-bond donors (Lipinski definition) is 2. The smallest absolute Gasteiger partial charge is 0.224 e. The Bertz CT molecular complexity index is 596. The van der Waals surface area contributed by atoms with Crippen molar-refractivity contribution in [2.45, 2.75) is 18.8 Å². The van der Waals surface area contributed by atoms with Crippen molar-refractivity contribution >= 4 is 33.4 Å². The number of benzene rings is 1. The molecule has 3 rings (SSSR count). The van der Waals surface area contributed by atoms with E-state index in [2.05, 4.69) is 36.5 Å². The van der Waals surface area contributed by atoms with Gasteiger partial charge in [-0.3, -0.25) is 0 Å². The zero-order valence-electron chi connectivity index (χ0n) is 10.7. The molecule has 0 aliphatic heterocycles. The van der Waals surface area contributed by atoms with Crippen LogP contribution in [0.3, 0.4) is 0 Å². The molecule has 2 aromatic rings. The summed E-state index contributed by atoms with van der Waals surface area (Å²) in [5.41, 5.74) is 2.12. The number of anilines is 3. The van der Waals surface area contributed by atoms with Crippen molar-refractivity contribution in [3.8, 4) is 0 Å². The monoisotopic (exact) mass is 318 g/mol. The molecule has 4 nitrogen and oxygen atoms in total. The maximum atomic E-state index is 4.50. The van der Waals surface area contributed by atoms with Gasteiger partial charge in [-0.2, -0.15) is 4.98 Å². The Morgan fingerprint density at radius 1 is 1.21 bits per heavy atom. The molecule has 19 heavy (non-hydrogen) atoms. The van der Waals surface area contributed by atoms with Crippen LogP contribution in [0.5, 0.6) is 0 Å². The third-order valence-corrected chi connectivity index (χ3v) is 3.79. The lowest BCUT2D eigenvalue weighted by atomic mass is 10.2. The maximum absolute atomic E-state index is 4.50. The Kier molecular flexibility index (Phi) is 3.38. The second-order valence-electron chi connectivity index (χ2n) is 4.63. The first-order valence-corrected chi connectivity index (χ1v) is 7.14. The lowest BCUT2D eigenvalue weighted by Crippen LogP contribution is -2.03. The Labute approximate surface area is 120 Å². The zero-order valence-corrected chi connectivity index (χ0v) is 12.2. The highest BCUT2D eigenvalue weighted by Crippen LogP contribution is 2.40. The molecule has 1 aliphatic carbocycles. The third-order valence-electron chi connectivity index (χ3n) is 3.10. The van der Waals surface area contributed by atoms with E-state index in [9.17, 15) is 0 Å². The molecule has 1 fully saturated rings. The van der Waals surface area contributed by atoms with Crippen molar-refractivity contribution in [1.82, 2.24) is 9.97 Å². The van der Waals surface area contributed by atoms with Crippen molar-refractivity contribution in [1.29, 1.82) is 0 Å². The first kappa shape index (κ1) is 12.4. The van der Waals surface area contributed by atoms with Crippen molar-refractivity contribution in [2.24, 2.45) is 0 Å². The number of hydrogen-bond acceptors (Lipinski definition) is 4. The second kappa shape index (κ2) is 5.17. The molecule has 0 bridgehead atoms. The lowest BCUT2D eigenvalue weighted by molar-refractivity contribution is 0.991. The maximum Gasteiger partial charge on any atom is 0.224 e. The fourth-order valence-corrected chi connectivity index (χ4v) is 2.31. The van der Waals surface area contributed by atoms with E-state index >= 15 is 0 Å². The molecule has 0 amide bonds. The minimum absolute atomic E-state index is 0.606. The SMILES string of the molecule is CNc1nc(Nc2ccccc2Br)cc(C2CC2)n1. The second-order valence-corrected chi connectivity index (χ2v) is 5.49. The lowest BCUT2D eigenvalue weighted by Gasteiger charge is -2.10. The standard InChI is InChI=1S/C14H15BrN4/c1-16-14-18-12(9-6-7-9)8-13(19-14)17-11-5-3-2-4-10(11)15/h2-5,8-9H,6-7H2,1H3,(H2,16,17,18,19). The highest BCUT2D eigenvalue weighted by Gasteiger charge is 2.26.